The van der Waals surface area contributed by atoms with E-state index in [0.29, 0.717) is 69.5 Å². The van der Waals surface area contributed by atoms with E-state index in [2.05, 4.69) is 20.9 Å². The molecule has 1 atom stereocenters. The minimum Gasteiger partial charge on any atom is -0.354 e. The number of benzene rings is 2. The molecule has 2 aliphatic heterocycles. The molecule has 3 aromatic rings. The van der Waals surface area contributed by atoms with Gasteiger partial charge in [-0.15, -0.1) is 5.10 Å². The van der Waals surface area contributed by atoms with E-state index < -0.39 is 11.5 Å². The predicted molar refractivity (Wildman–Crippen MR) is 142 cm³/mol. The molecule has 10 heteroatoms. The third-order valence-electron chi connectivity index (χ3n) is 7.67. The van der Waals surface area contributed by atoms with Crippen LogP contribution in [0, 0.1) is 11.2 Å². The number of carbonyl (C=O) groups is 3. The third kappa shape index (κ3) is 6.50. The van der Waals surface area contributed by atoms with Crippen molar-refractivity contribution in [1.29, 1.82) is 0 Å². The molecule has 0 radical (unpaired) electrons. The first-order valence-corrected chi connectivity index (χ1v) is 13.4. The van der Waals surface area contributed by atoms with Crippen LogP contribution in [0.3, 0.4) is 0 Å². The molecule has 39 heavy (non-hydrogen) atoms. The van der Waals surface area contributed by atoms with Crippen molar-refractivity contribution >= 4 is 17.7 Å². The summed E-state index contributed by atoms with van der Waals surface area (Å²) in [6.07, 6.45) is 4.22. The highest BCUT2D eigenvalue weighted by molar-refractivity contribution is 5.91. The lowest BCUT2D eigenvalue weighted by Crippen LogP contribution is -2.56. The van der Waals surface area contributed by atoms with Crippen molar-refractivity contribution in [3.05, 3.63) is 83.4 Å². The maximum absolute atomic E-state index is 14.0. The molecule has 1 spiro atoms. The van der Waals surface area contributed by atoms with Crippen molar-refractivity contribution in [1.82, 2.24) is 30.5 Å². The highest BCUT2D eigenvalue weighted by atomic mass is 19.1. The maximum Gasteiger partial charge on any atom is 0.242 e. The number of aryl methyl sites for hydroxylation is 1. The highest BCUT2D eigenvalue weighted by Crippen LogP contribution is 2.36. The Balaban J connectivity index is 1.35. The fourth-order valence-corrected chi connectivity index (χ4v) is 5.42. The number of nitrogens with one attached hydrogen (secondary N) is 2. The van der Waals surface area contributed by atoms with Gasteiger partial charge in [-0.05, 0) is 42.5 Å². The summed E-state index contributed by atoms with van der Waals surface area (Å²) < 4.78 is 15.3. The van der Waals surface area contributed by atoms with Crippen molar-refractivity contribution in [2.24, 2.45) is 5.41 Å². The van der Waals surface area contributed by atoms with Gasteiger partial charge in [0, 0.05) is 45.2 Å². The summed E-state index contributed by atoms with van der Waals surface area (Å²) in [6.45, 7) is 1.83. The molecule has 3 amide bonds. The fourth-order valence-electron chi connectivity index (χ4n) is 5.42. The topological polar surface area (TPSA) is 109 Å². The summed E-state index contributed by atoms with van der Waals surface area (Å²) in [7, 11) is 0. The molecule has 2 bridgehead atoms. The minimum atomic E-state index is -0.847. The van der Waals surface area contributed by atoms with Crippen molar-refractivity contribution in [3.63, 3.8) is 0 Å². The van der Waals surface area contributed by atoms with Crippen molar-refractivity contribution in [3.8, 4) is 0 Å². The van der Waals surface area contributed by atoms with Gasteiger partial charge in [0.15, 0.2) is 0 Å². The number of aromatic nitrogens is 3. The molecule has 2 aromatic carbocycles. The molecule has 1 saturated heterocycles. The first-order valence-electron chi connectivity index (χ1n) is 13.4. The van der Waals surface area contributed by atoms with E-state index in [1.165, 1.54) is 12.1 Å². The van der Waals surface area contributed by atoms with E-state index in [9.17, 15) is 18.8 Å². The van der Waals surface area contributed by atoms with Gasteiger partial charge in [-0.1, -0.05) is 47.7 Å². The number of piperidine rings is 1. The molecule has 1 aromatic heterocycles. The number of amides is 3. The molecule has 9 nitrogen and oxygen atoms in total. The molecule has 2 N–H and O–H groups in total. The smallest absolute Gasteiger partial charge is 0.242 e. The Hall–Kier alpha value is -4.08. The molecular weight excluding hydrogens is 499 g/mol. The molecule has 0 saturated carbocycles. The summed E-state index contributed by atoms with van der Waals surface area (Å²) in [5.74, 6) is -0.916. The summed E-state index contributed by atoms with van der Waals surface area (Å²) in [5.41, 5.74) is 1.44. The molecule has 0 unspecified atom stereocenters. The Labute approximate surface area is 226 Å². The number of carbonyl (C=O) groups excluding carboxylic acids is 3. The van der Waals surface area contributed by atoms with Gasteiger partial charge in [-0.25, -0.2) is 4.39 Å². The molecule has 3 heterocycles. The zero-order valence-corrected chi connectivity index (χ0v) is 21.8. The third-order valence-corrected chi connectivity index (χ3v) is 7.67. The molecule has 5 rings (SSSR count). The second-order valence-corrected chi connectivity index (χ2v) is 10.5. The van der Waals surface area contributed by atoms with Crippen LogP contribution in [0.4, 0.5) is 4.39 Å². The monoisotopic (exact) mass is 532 g/mol. The SMILES string of the molecule is O=C1NCCCn2cc(nn2)CC2(CCN(C(=O)Cc3cccc(F)c3)CC2)C(=O)N[C@H]1Cc1ccccc1. The lowest BCUT2D eigenvalue weighted by atomic mass is 9.73. The highest BCUT2D eigenvalue weighted by Gasteiger charge is 2.44. The van der Waals surface area contributed by atoms with Gasteiger partial charge < -0.3 is 15.5 Å². The first-order chi connectivity index (χ1) is 18.9. The van der Waals surface area contributed by atoms with E-state index in [-0.39, 0.29) is 30.0 Å². The zero-order valence-electron chi connectivity index (χ0n) is 21.8. The van der Waals surface area contributed by atoms with Gasteiger partial charge >= 0.3 is 0 Å². The molecule has 2 aliphatic rings. The van der Waals surface area contributed by atoms with Crippen LogP contribution in [-0.2, 0) is 40.2 Å². The Kier molecular flexibility index (Phi) is 7.99. The first kappa shape index (κ1) is 26.5. The lowest BCUT2D eigenvalue weighted by Gasteiger charge is -2.41. The average Bonchev–Trinajstić information content (AvgIpc) is 3.38. The van der Waals surface area contributed by atoms with Crippen molar-refractivity contribution in [2.75, 3.05) is 19.6 Å². The van der Waals surface area contributed by atoms with Crippen LogP contribution in [-0.4, -0.2) is 63.3 Å². The summed E-state index contributed by atoms with van der Waals surface area (Å²) in [5, 5.41) is 14.5. The van der Waals surface area contributed by atoms with Crippen molar-refractivity contribution < 1.29 is 18.8 Å². The van der Waals surface area contributed by atoms with Crippen LogP contribution in [0.2, 0.25) is 0 Å². The molecule has 0 aliphatic carbocycles. The number of fused-ring (bicyclic) bond motifs is 2. The maximum atomic E-state index is 14.0. The number of halogens is 1. The molecular formula is C29H33FN6O3. The van der Waals surface area contributed by atoms with Crippen LogP contribution in [0.25, 0.3) is 0 Å². The van der Waals surface area contributed by atoms with Gasteiger partial charge in [0.1, 0.15) is 11.9 Å². The van der Waals surface area contributed by atoms with Gasteiger partial charge in [0.25, 0.3) is 0 Å². The Morgan fingerprint density at radius 3 is 2.56 bits per heavy atom. The number of nitrogens with zero attached hydrogens (tertiary/aromatic N) is 4. The second-order valence-electron chi connectivity index (χ2n) is 10.5. The number of hydrogen-bond acceptors (Lipinski definition) is 5. The van der Waals surface area contributed by atoms with Crippen molar-refractivity contribution in [2.45, 2.75) is 51.1 Å². The summed E-state index contributed by atoms with van der Waals surface area (Å²) in [6, 6.07) is 14.9. The zero-order chi connectivity index (χ0) is 27.2. The minimum absolute atomic E-state index is 0.102. The van der Waals surface area contributed by atoms with Crippen LogP contribution in [0.1, 0.15) is 36.1 Å². The van der Waals surface area contributed by atoms with E-state index >= 15 is 0 Å². The van der Waals surface area contributed by atoms with Gasteiger partial charge in [-0.3, -0.25) is 19.1 Å². The normalized spacial score (nSPS) is 19.8. The number of rotatable bonds is 4. The van der Waals surface area contributed by atoms with Crippen LogP contribution in [0.5, 0.6) is 0 Å². The predicted octanol–water partition coefficient (Wildman–Crippen LogP) is 2.06. The van der Waals surface area contributed by atoms with Crippen LogP contribution in [0.15, 0.2) is 60.8 Å². The van der Waals surface area contributed by atoms with E-state index in [0.717, 1.165) is 5.56 Å². The molecule has 204 valence electrons. The Morgan fingerprint density at radius 2 is 1.79 bits per heavy atom. The quantitative estimate of drug-likeness (QED) is 0.535. The van der Waals surface area contributed by atoms with Gasteiger partial charge in [0.05, 0.1) is 17.5 Å². The Morgan fingerprint density at radius 1 is 1.03 bits per heavy atom. The second kappa shape index (κ2) is 11.8. The fraction of sp³-hybridized carbons (Fsp3) is 0.414. The van der Waals surface area contributed by atoms with Crippen LogP contribution >= 0.6 is 0 Å². The number of hydrogen-bond donors (Lipinski definition) is 2. The van der Waals surface area contributed by atoms with Crippen LogP contribution < -0.4 is 10.6 Å². The lowest BCUT2D eigenvalue weighted by molar-refractivity contribution is -0.141. The van der Waals surface area contributed by atoms with E-state index in [4.69, 9.17) is 0 Å². The summed E-state index contributed by atoms with van der Waals surface area (Å²) >= 11 is 0. The van der Waals surface area contributed by atoms with Gasteiger partial charge in [0.2, 0.25) is 17.7 Å². The van der Waals surface area contributed by atoms with E-state index in [1.807, 2.05) is 36.5 Å². The standard InChI is InChI=1S/C29H33FN6O3/c30-23-9-4-8-22(16-23)18-26(37)35-14-10-29(11-15-35)19-24-20-36(34-33-24)13-5-12-31-27(38)25(32-28(29)39)17-21-6-2-1-3-7-21/h1-4,6-9,16,20,25H,5,10-15,17-19H2,(H,31,38)(H,32,39)/t25-/m0/s1. The summed E-state index contributed by atoms with van der Waals surface area (Å²) in [4.78, 5) is 41.9. The average molecular weight is 533 g/mol. The Bertz CT molecular complexity index is 1320. The van der Waals surface area contributed by atoms with Gasteiger partial charge in [-0.2, -0.15) is 0 Å². The molecule has 1 fully saturated rings. The van der Waals surface area contributed by atoms with E-state index in [1.54, 1.807) is 21.7 Å². The largest absolute Gasteiger partial charge is 0.354 e. The number of likely N-dealkylation sites (tertiary alicyclic amines) is 1.